The van der Waals surface area contributed by atoms with Crippen molar-refractivity contribution in [2.24, 2.45) is 4.99 Å². The maximum Gasteiger partial charge on any atom is 0.427 e. The van der Waals surface area contributed by atoms with Gasteiger partial charge >= 0.3 is 7.76 Å². The van der Waals surface area contributed by atoms with E-state index < -0.39 is 7.76 Å². The largest absolute Gasteiger partial charge is 0.427 e. The molecule has 0 aliphatic rings. The molecule has 0 radical (unpaired) electrons. The van der Waals surface area contributed by atoms with E-state index in [9.17, 15) is 17.8 Å². The molecule has 0 aliphatic heterocycles. The third kappa shape index (κ3) is 5.35. The first-order valence-corrected chi connectivity index (χ1v) is 3.78. The van der Waals surface area contributed by atoms with Crippen LogP contribution in [0, 0.1) is 0 Å². The molecule has 0 saturated heterocycles. The second kappa shape index (κ2) is 3.40. The average molecular weight is 167 g/mol. The summed E-state index contributed by atoms with van der Waals surface area (Å²) in [7, 11) is -5.19. The van der Waals surface area contributed by atoms with Gasteiger partial charge in [-0.15, -0.1) is 8.39 Å². The van der Waals surface area contributed by atoms with Crippen LogP contribution in [0.15, 0.2) is 16.5 Å². The summed E-state index contributed by atoms with van der Waals surface area (Å²) in [5.74, 6) is 0.151. The quantitative estimate of drug-likeness (QED) is 0.360. The van der Waals surface area contributed by atoms with E-state index in [0.29, 0.717) is 0 Å². The Labute approximate surface area is 56.1 Å². The van der Waals surface area contributed by atoms with Crippen molar-refractivity contribution in [2.75, 3.05) is 0 Å². The van der Waals surface area contributed by atoms with Crippen molar-refractivity contribution < 1.29 is 17.8 Å². The molecule has 0 aliphatic carbocycles. The Hall–Kier alpha value is -0.790. The van der Waals surface area contributed by atoms with E-state index in [1.807, 2.05) is 0 Å². The lowest BCUT2D eigenvalue weighted by Crippen LogP contribution is -1.65. The van der Waals surface area contributed by atoms with Crippen LogP contribution < -0.4 is 0 Å². The summed E-state index contributed by atoms with van der Waals surface area (Å²) in [6, 6.07) is 0. The van der Waals surface area contributed by atoms with Gasteiger partial charge in [0.15, 0.2) is 0 Å². The number of halogens is 2. The minimum atomic E-state index is -5.19. The Bertz CT molecular complexity index is 238. The van der Waals surface area contributed by atoms with Gasteiger partial charge in [-0.3, -0.25) is 0 Å². The van der Waals surface area contributed by atoms with Gasteiger partial charge in [0, 0.05) is 0 Å². The predicted molar refractivity (Wildman–Crippen MR) is 31.7 cm³/mol. The van der Waals surface area contributed by atoms with Crippen molar-refractivity contribution in [3.8, 4) is 0 Å². The summed E-state index contributed by atoms with van der Waals surface area (Å²) in [4.78, 5) is 12.2. The summed E-state index contributed by atoms with van der Waals surface area (Å²) < 4.78 is 32.9. The topological polar surface area (TPSA) is 46.5 Å². The highest BCUT2D eigenvalue weighted by molar-refractivity contribution is 7.56. The molecule has 0 atom stereocenters. The molecule has 0 N–H and O–H groups in total. The molecule has 0 aromatic rings. The predicted octanol–water partition coefficient (Wildman–Crippen LogP) is 2.32. The summed E-state index contributed by atoms with van der Waals surface area (Å²) in [5.41, 5.74) is -0.289. The number of aliphatic imine (C=N–C) groups is 1. The summed E-state index contributed by atoms with van der Waals surface area (Å²) in [6.45, 7) is 1.14. The third-order valence-electron chi connectivity index (χ3n) is 0.559. The van der Waals surface area contributed by atoms with Gasteiger partial charge in [-0.25, -0.2) is 9.36 Å². The molecule has 0 bridgehead atoms. The number of hydrogen-bond acceptors (Lipinski definition) is 3. The van der Waals surface area contributed by atoms with E-state index in [1.54, 1.807) is 0 Å². The smallest absolute Gasteiger partial charge is 0.245 e. The van der Waals surface area contributed by atoms with Crippen molar-refractivity contribution in [1.82, 2.24) is 0 Å². The molecule has 0 saturated carbocycles. The van der Waals surface area contributed by atoms with Crippen molar-refractivity contribution in [1.29, 1.82) is 0 Å². The van der Waals surface area contributed by atoms with Gasteiger partial charge in [0.25, 0.3) is 0 Å². The zero-order valence-corrected chi connectivity index (χ0v) is 5.94. The molecule has 0 amide bonds. The molecule has 6 heteroatoms. The second-order valence-electron chi connectivity index (χ2n) is 1.48. The number of isocyanates is 1. The maximum atomic E-state index is 11.6. The fourth-order valence-electron chi connectivity index (χ4n) is 0.318. The summed E-state index contributed by atoms with van der Waals surface area (Å²) in [5, 5.41) is 0. The lowest BCUT2D eigenvalue weighted by Gasteiger charge is -1.87. The fourth-order valence-corrected chi connectivity index (χ4v) is 0.811. The van der Waals surface area contributed by atoms with Crippen LogP contribution in [-0.4, -0.2) is 6.08 Å². The normalized spacial score (nSPS) is 12.5. The molecule has 0 aromatic heterocycles. The molecule has 3 nitrogen and oxygen atoms in total. The van der Waals surface area contributed by atoms with E-state index in [2.05, 4.69) is 4.99 Å². The molecule has 0 spiro atoms. The number of hydrogen-bond donors (Lipinski definition) is 0. The fraction of sp³-hybridized carbons (Fsp3) is 0.250. The zero-order chi connectivity index (χ0) is 8.20. The number of nitrogens with zero attached hydrogens (tertiary/aromatic N) is 1. The van der Waals surface area contributed by atoms with Gasteiger partial charge in [0.2, 0.25) is 6.08 Å². The number of allylic oxidation sites excluding steroid dienone is 1. The van der Waals surface area contributed by atoms with Crippen molar-refractivity contribution >= 4 is 13.8 Å². The van der Waals surface area contributed by atoms with E-state index in [1.165, 1.54) is 0 Å². The van der Waals surface area contributed by atoms with Gasteiger partial charge in [-0.05, 0) is 6.92 Å². The Kier molecular flexibility index (Phi) is 3.13. The molecule has 0 unspecified atom stereocenters. The van der Waals surface area contributed by atoms with Crippen molar-refractivity contribution in [3.63, 3.8) is 0 Å². The highest BCUT2D eigenvalue weighted by Crippen LogP contribution is 2.51. The van der Waals surface area contributed by atoms with Crippen LogP contribution in [0.2, 0.25) is 0 Å². The molecule has 56 valence electrons. The monoisotopic (exact) mass is 167 g/mol. The molecule has 10 heavy (non-hydrogen) atoms. The molecular weight excluding hydrogens is 163 g/mol. The Balaban J connectivity index is 4.47. The van der Waals surface area contributed by atoms with E-state index in [-0.39, 0.29) is 11.5 Å². The van der Waals surface area contributed by atoms with Crippen LogP contribution in [0.3, 0.4) is 0 Å². The van der Waals surface area contributed by atoms with Crippen LogP contribution in [0.25, 0.3) is 0 Å². The summed E-state index contributed by atoms with van der Waals surface area (Å²) in [6.07, 6.45) is 1.04. The average Bonchev–Trinajstić information content (AvgIpc) is 1.59. The Morgan fingerprint density at radius 1 is 1.70 bits per heavy atom. The van der Waals surface area contributed by atoms with Crippen molar-refractivity contribution in [3.05, 3.63) is 11.5 Å². The highest BCUT2D eigenvalue weighted by atomic mass is 31.2. The second-order valence-corrected chi connectivity index (χ2v) is 2.74. The lowest BCUT2D eigenvalue weighted by molar-refractivity contribution is 0.506. The van der Waals surface area contributed by atoms with Crippen LogP contribution in [0.4, 0.5) is 8.39 Å². The first kappa shape index (κ1) is 9.21. The minimum absolute atomic E-state index is 0.151. The lowest BCUT2D eigenvalue weighted by atomic mass is 10.6. The van der Waals surface area contributed by atoms with Crippen LogP contribution in [-0.2, 0) is 9.36 Å². The maximum absolute atomic E-state index is 11.6. The molecule has 0 heterocycles. The van der Waals surface area contributed by atoms with Gasteiger partial charge in [0.1, 0.15) is 0 Å². The SMILES string of the molecule is C/C(=C\P(=O)(F)F)N=C=O. The standard InChI is InChI=1S/C4H4F2NO2P/c1-4(7-3-8)2-10(5,6)9/h2H,1H3/b4-2+. The Morgan fingerprint density at radius 2 is 2.20 bits per heavy atom. The number of carbonyl (C=O) groups excluding carboxylic acids is 1. The van der Waals surface area contributed by atoms with Gasteiger partial charge in [0.05, 0.1) is 11.5 Å². The summed E-state index contributed by atoms with van der Waals surface area (Å²) >= 11 is 0. The van der Waals surface area contributed by atoms with E-state index in [4.69, 9.17) is 0 Å². The van der Waals surface area contributed by atoms with Gasteiger partial charge < -0.3 is 0 Å². The third-order valence-corrected chi connectivity index (χ3v) is 1.23. The van der Waals surface area contributed by atoms with Crippen LogP contribution in [0.1, 0.15) is 6.92 Å². The minimum Gasteiger partial charge on any atom is -0.245 e. The molecule has 0 fully saturated rings. The van der Waals surface area contributed by atoms with Gasteiger partial charge in [-0.2, -0.15) is 4.99 Å². The highest BCUT2D eigenvalue weighted by Gasteiger charge is 2.13. The molecule has 0 aromatic carbocycles. The Morgan fingerprint density at radius 3 is 2.50 bits per heavy atom. The first-order valence-electron chi connectivity index (χ1n) is 2.22. The van der Waals surface area contributed by atoms with Crippen LogP contribution in [0.5, 0.6) is 0 Å². The van der Waals surface area contributed by atoms with Gasteiger partial charge in [-0.1, -0.05) is 0 Å². The molecule has 0 rings (SSSR count). The van der Waals surface area contributed by atoms with E-state index >= 15 is 0 Å². The first-order chi connectivity index (χ1) is 4.45. The molecular formula is C4H4F2NO2P. The zero-order valence-electron chi connectivity index (χ0n) is 5.04. The van der Waals surface area contributed by atoms with Crippen molar-refractivity contribution in [2.45, 2.75) is 6.92 Å². The van der Waals surface area contributed by atoms with E-state index in [0.717, 1.165) is 13.0 Å². The number of rotatable bonds is 2. The van der Waals surface area contributed by atoms with Crippen LogP contribution >= 0.6 is 7.76 Å².